The van der Waals surface area contributed by atoms with Crippen LogP contribution in [0.2, 0.25) is 0 Å². The van der Waals surface area contributed by atoms with Gasteiger partial charge in [0.1, 0.15) is 0 Å². The summed E-state index contributed by atoms with van der Waals surface area (Å²) in [5.74, 6) is 2.21. The maximum absolute atomic E-state index is 6.07. The van der Waals surface area contributed by atoms with Crippen LogP contribution in [0.5, 0.6) is 0 Å². The van der Waals surface area contributed by atoms with Gasteiger partial charge in [0.25, 0.3) is 0 Å². The number of benzene rings is 1. The van der Waals surface area contributed by atoms with Gasteiger partial charge in [-0.2, -0.15) is 0 Å². The maximum atomic E-state index is 6.07. The Morgan fingerprint density at radius 2 is 1.70 bits per heavy atom. The Bertz CT molecular complexity index is 410. The smallest absolute Gasteiger partial charge is 0.0470 e. The van der Waals surface area contributed by atoms with Crippen molar-refractivity contribution < 1.29 is 0 Å². The van der Waals surface area contributed by atoms with E-state index in [-0.39, 0.29) is 0 Å². The van der Waals surface area contributed by atoms with E-state index in [4.69, 9.17) is 5.73 Å². The molecule has 0 aromatic heterocycles. The summed E-state index contributed by atoms with van der Waals surface area (Å²) in [5.41, 5.74) is 8.85. The van der Waals surface area contributed by atoms with Crippen LogP contribution in [0.3, 0.4) is 0 Å². The molecule has 1 aliphatic rings. The molecule has 2 rings (SSSR count). The first-order valence-electron chi connectivity index (χ1n) is 8.07. The van der Waals surface area contributed by atoms with Gasteiger partial charge in [-0.05, 0) is 41.8 Å². The average molecular weight is 274 g/mol. The Hall–Kier alpha value is -0.860. The Morgan fingerprint density at radius 3 is 2.20 bits per heavy atom. The van der Waals surface area contributed by atoms with E-state index < -0.39 is 0 Å². The predicted octanol–water partition coefficient (Wildman–Crippen LogP) is 3.79. The van der Waals surface area contributed by atoms with Gasteiger partial charge in [0.05, 0.1) is 0 Å². The highest BCUT2D eigenvalue weighted by Crippen LogP contribution is 2.29. The second kappa shape index (κ2) is 6.73. The van der Waals surface area contributed by atoms with Crippen molar-refractivity contribution in [3.8, 4) is 0 Å². The van der Waals surface area contributed by atoms with Gasteiger partial charge >= 0.3 is 0 Å². The lowest BCUT2D eigenvalue weighted by Crippen LogP contribution is -2.43. The largest absolute Gasteiger partial charge is 0.329 e. The number of nitrogens with two attached hydrogens (primary N) is 1. The molecular weight excluding hydrogens is 244 g/mol. The summed E-state index contributed by atoms with van der Waals surface area (Å²) in [6.45, 7) is 12.3. The Labute approximate surface area is 124 Å². The molecule has 1 saturated heterocycles. The van der Waals surface area contributed by atoms with Gasteiger partial charge in [-0.15, -0.1) is 0 Å². The molecular formula is C18H30N2. The molecule has 0 radical (unpaired) electrons. The van der Waals surface area contributed by atoms with Gasteiger partial charge in [-0.25, -0.2) is 0 Å². The molecule has 1 aromatic carbocycles. The van der Waals surface area contributed by atoms with E-state index in [1.165, 1.54) is 30.6 Å². The topological polar surface area (TPSA) is 29.3 Å². The first-order chi connectivity index (χ1) is 9.52. The van der Waals surface area contributed by atoms with Crippen molar-refractivity contribution in [3.63, 3.8) is 0 Å². The molecule has 3 atom stereocenters. The van der Waals surface area contributed by atoms with Gasteiger partial charge in [0.2, 0.25) is 0 Å². The van der Waals surface area contributed by atoms with E-state index in [2.05, 4.69) is 56.9 Å². The molecule has 0 bridgehead atoms. The minimum absolute atomic E-state index is 0.381. The fourth-order valence-corrected chi connectivity index (χ4v) is 3.18. The van der Waals surface area contributed by atoms with Crippen molar-refractivity contribution in [1.82, 2.24) is 4.90 Å². The standard InChI is InChI=1S/C18H30N2/c1-13(2)16-5-7-17(8-6-16)18(11-19)20-10-9-14(3)15(4)12-20/h5-8,13-15,18H,9-12,19H2,1-4H3. The summed E-state index contributed by atoms with van der Waals surface area (Å²) in [5, 5.41) is 0. The zero-order chi connectivity index (χ0) is 14.7. The van der Waals surface area contributed by atoms with Crippen LogP contribution in [0.25, 0.3) is 0 Å². The molecule has 0 saturated carbocycles. The molecule has 0 amide bonds. The highest BCUT2D eigenvalue weighted by Gasteiger charge is 2.27. The molecule has 2 nitrogen and oxygen atoms in total. The molecule has 1 aliphatic heterocycles. The third-order valence-corrected chi connectivity index (χ3v) is 5.02. The van der Waals surface area contributed by atoms with Crippen LogP contribution < -0.4 is 5.73 Å². The van der Waals surface area contributed by atoms with Gasteiger partial charge < -0.3 is 5.73 Å². The number of likely N-dealkylation sites (tertiary alicyclic amines) is 1. The SMILES string of the molecule is CC(C)c1ccc(C(CN)N2CCC(C)C(C)C2)cc1. The van der Waals surface area contributed by atoms with E-state index >= 15 is 0 Å². The summed E-state index contributed by atoms with van der Waals surface area (Å²) in [6.07, 6.45) is 1.29. The van der Waals surface area contributed by atoms with Gasteiger partial charge in [-0.3, -0.25) is 4.90 Å². The summed E-state index contributed by atoms with van der Waals surface area (Å²) in [6, 6.07) is 9.45. The second-order valence-corrected chi connectivity index (χ2v) is 6.81. The van der Waals surface area contributed by atoms with Crippen molar-refractivity contribution in [2.45, 2.75) is 46.1 Å². The van der Waals surface area contributed by atoms with Crippen molar-refractivity contribution in [1.29, 1.82) is 0 Å². The Balaban J connectivity index is 2.11. The van der Waals surface area contributed by atoms with Gasteiger partial charge in [0, 0.05) is 19.1 Å². The minimum atomic E-state index is 0.381. The van der Waals surface area contributed by atoms with Crippen LogP contribution in [0.15, 0.2) is 24.3 Å². The lowest BCUT2D eigenvalue weighted by Gasteiger charge is -2.40. The average Bonchev–Trinajstić information content (AvgIpc) is 2.44. The molecule has 112 valence electrons. The number of hydrogen-bond acceptors (Lipinski definition) is 2. The number of piperidine rings is 1. The van der Waals surface area contributed by atoms with Crippen LogP contribution in [0, 0.1) is 11.8 Å². The highest BCUT2D eigenvalue weighted by molar-refractivity contribution is 5.27. The normalized spacial score (nSPS) is 25.9. The van der Waals surface area contributed by atoms with Crippen LogP contribution in [-0.2, 0) is 0 Å². The first kappa shape index (κ1) is 15.5. The summed E-state index contributed by atoms with van der Waals surface area (Å²) >= 11 is 0. The molecule has 1 heterocycles. The molecule has 3 unspecified atom stereocenters. The number of rotatable bonds is 4. The second-order valence-electron chi connectivity index (χ2n) is 6.81. The zero-order valence-electron chi connectivity index (χ0n) is 13.5. The Morgan fingerprint density at radius 1 is 1.10 bits per heavy atom. The summed E-state index contributed by atoms with van der Waals surface area (Å²) < 4.78 is 0. The molecule has 0 aliphatic carbocycles. The minimum Gasteiger partial charge on any atom is -0.329 e. The molecule has 2 N–H and O–H groups in total. The zero-order valence-corrected chi connectivity index (χ0v) is 13.5. The lowest BCUT2D eigenvalue weighted by atomic mass is 9.87. The van der Waals surface area contributed by atoms with E-state index in [1.807, 2.05) is 0 Å². The van der Waals surface area contributed by atoms with Crippen molar-refractivity contribution in [3.05, 3.63) is 35.4 Å². The fourth-order valence-electron chi connectivity index (χ4n) is 3.18. The quantitative estimate of drug-likeness (QED) is 0.905. The third-order valence-electron chi connectivity index (χ3n) is 5.02. The van der Waals surface area contributed by atoms with Crippen LogP contribution in [-0.4, -0.2) is 24.5 Å². The molecule has 2 heteroatoms. The van der Waals surface area contributed by atoms with Gasteiger partial charge in [-0.1, -0.05) is 52.0 Å². The lowest BCUT2D eigenvalue weighted by molar-refractivity contribution is 0.0983. The van der Waals surface area contributed by atoms with Crippen molar-refractivity contribution in [2.24, 2.45) is 17.6 Å². The molecule has 0 spiro atoms. The number of hydrogen-bond donors (Lipinski definition) is 1. The van der Waals surface area contributed by atoms with Gasteiger partial charge in [0.15, 0.2) is 0 Å². The third kappa shape index (κ3) is 3.42. The van der Waals surface area contributed by atoms with Crippen molar-refractivity contribution in [2.75, 3.05) is 19.6 Å². The highest BCUT2D eigenvalue weighted by atomic mass is 15.2. The van der Waals surface area contributed by atoms with E-state index in [9.17, 15) is 0 Å². The predicted molar refractivity (Wildman–Crippen MR) is 86.8 cm³/mol. The molecule has 1 fully saturated rings. The van der Waals surface area contributed by atoms with E-state index in [0.29, 0.717) is 18.5 Å². The number of nitrogens with zero attached hydrogens (tertiary/aromatic N) is 1. The molecule has 20 heavy (non-hydrogen) atoms. The van der Waals surface area contributed by atoms with E-state index in [1.54, 1.807) is 0 Å². The Kier molecular flexibility index (Phi) is 5.22. The fraction of sp³-hybridized carbons (Fsp3) is 0.667. The molecule has 1 aromatic rings. The van der Waals surface area contributed by atoms with Crippen molar-refractivity contribution >= 4 is 0 Å². The van der Waals surface area contributed by atoms with Crippen LogP contribution >= 0.6 is 0 Å². The first-order valence-corrected chi connectivity index (χ1v) is 8.07. The summed E-state index contributed by atoms with van der Waals surface area (Å²) in [7, 11) is 0. The maximum Gasteiger partial charge on any atom is 0.0470 e. The summed E-state index contributed by atoms with van der Waals surface area (Å²) in [4.78, 5) is 2.58. The van der Waals surface area contributed by atoms with Crippen LogP contribution in [0.4, 0.5) is 0 Å². The monoisotopic (exact) mass is 274 g/mol. The van der Waals surface area contributed by atoms with E-state index in [0.717, 1.165) is 11.8 Å². The van der Waals surface area contributed by atoms with Crippen LogP contribution in [0.1, 0.15) is 57.2 Å².